The molecule has 7 nitrogen and oxygen atoms in total. The van der Waals surface area contributed by atoms with Gasteiger partial charge in [-0.2, -0.15) is 0 Å². The molecule has 178 valence electrons. The molecular weight excluding hydrogens is 432 g/mol. The first-order valence-electron chi connectivity index (χ1n) is 12.1. The largest absolute Gasteiger partial charge is 0.479 e. The average Bonchev–Trinajstić information content (AvgIpc) is 3.53. The minimum absolute atomic E-state index is 0.0134. The summed E-state index contributed by atoms with van der Waals surface area (Å²) in [5, 5.41) is 12.5. The third-order valence-corrected chi connectivity index (χ3v) is 7.64. The highest BCUT2D eigenvalue weighted by Crippen LogP contribution is 2.54. The van der Waals surface area contributed by atoms with Gasteiger partial charge in [0.2, 0.25) is 5.91 Å². The Morgan fingerprint density at radius 2 is 1.76 bits per heavy atom. The number of carbonyl (C=O) groups excluding carboxylic acids is 2. The predicted molar refractivity (Wildman–Crippen MR) is 126 cm³/mol. The standard InChI is InChI=1S/C27H30N2O5/c1-2-8-23(24(30)29-14-7-9-17-15-27(17,29)25(31)32)28-26(33)34-16-22-20-12-5-3-10-18(20)19-11-4-6-13-21(19)22/h3-6,10-13,17,22-23H,2,7-9,14-16H2,1H3,(H,28,33)(H,31,32)/t17-,23?,27+/m0/s1. The third-order valence-electron chi connectivity index (χ3n) is 7.64. The summed E-state index contributed by atoms with van der Waals surface area (Å²) in [6.45, 7) is 2.51. The molecule has 2 aromatic carbocycles. The van der Waals surface area contributed by atoms with Gasteiger partial charge in [-0.05, 0) is 53.9 Å². The molecule has 2 amide bonds. The number of carboxylic acids is 1. The van der Waals surface area contributed by atoms with Crippen LogP contribution < -0.4 is 5.32 Å². The molecule has 7 heteroatoms. The van der Waals surface area contributed by atoms with E-state index in [9.17, 15) is 19.5 Å². The van der Waals surface area contributed by atoms with E-state index in [2.05, 4.69) is 29.6 Å². The van der Waals surface area contributed by atoms with E-state index in [0.29, 0.717) is 25.8 Å². The Kier molecular flexibility index (Phi) is 5.80. The van der Waals surface area contributed by atoms with Crippen LogP contribution in [0.5, 0.6) is 0 Å². The Hall–Kier alpha value is -3.35. The zero-order chi connectivity index (χ0) is 23.9. The summed E-state index contributed by atoms with van der Waals surface area (Å²) >= 11 is 0. The van der Waals surface area contributed by atoms with E-state index in [-0.39, 0.29) is 24.3 Å². The number of hydrogen-bond donors (Lipinski definition) is 2. The number of fused-ring (bicyclic) bond motifs is 4. The van der Waals surface area contributed by atoms with Crippen LogP contribution in [0.3, 0.4) is 0 Å². The van der Waals surface area contributed by atoms with Crippen LogP contribution in [0, 0.1) is 5.92 Å². The van der Waals surface area contributed by atoms with E-state index in [1.165, 1.54) is 4.90 Å². The van der Waals surface area contributed by atoms with Crippen molar-refractivity contribution in [2.45, 2.75) is 56.5 Å². The van der Waals surface area contributed by atoms with E-state index >= 15 is 0 Å². The Morgan fingerprint density at radius 3 is 2.38 bits per heavy atom. The van der Waals surface area contributed by atoms with Crippen molar-refractivity contribution in [3.63, 3.8) is 0 Å². The fourth-order valence-corrected chi connectivity index (χ4v) is 5.88. The maximum absolute atomic E-state index is 13.4. The Bertz CT molecular complexity index is 1090. The molecule has 1 unspecified atom stereocenters. The molecule has 1 saturated heterocycles. The van der Waals surface area contributed by atoms with E-state index in [0.717, 1.165) is 35.1 Å². The predicted octanol–water partition coefficient (Wildman–Crippen LogP) is 4.16. The number of carboxylic acid groups (broad SMARTS) is 1. The van der Waals surface area contributed by atoms with Gasteiger partial charge in [0.25, 0.3) is 0 Å². The second-order valence-electron chi connectivity index (χ2n) is 9.57. The van der Waals surface area contributed by atoms with Gasteiger partial charge in [-0.15, -0.1) is 0 Å². The second kappa shape index (κ2) is 8.78. The molecule has 1 heterocycles. The summed E-state index contributed by atoms with van der Waals surface area (Å²) < 4.78 is 5.63. The van der Waals surface area contributed by atoms with Crippen molar-refractivity contribution in [1.29, 1.82) is 0 Å². The lowest BCUT2D eigenvalue weighted by atomic mass is 9.98. The molecule has 2 aliphatic carbocycles. The van der Waals surface area contributed by atoms with Crippen LogP contribution in [0.1, 0.15) is 56.1 Å². The number of benzene rings is 2. The number of hydrogen-bond acceptors (Lipinski definition) is 4. The van der Waals surface area contributed by atoms with Crippen LogP contribution in [-0.2, 0) is 14.3 Å². The molecule has 2 aromatic rings. The van der Waals surface area contributed by atoms with Crippen LogP contribution in [0.15, 0.2) is 48.5 Å². The molecule has 1 saturated carbocycles. The molecule has 5 rings (SSSR count). The molecule has 34 heavy (non-hydrogen) atoms. The van der Waals surface area contributed by atoms with Gasteiger partial charge in [0.05, 0.1) is 0 Å². The lowest BCUT2D eigenvalue weighted by molar-refractivity contribution is -0.155. The topological polar surface area (TPSA) is 95.9 Å². The van der Waals surface area contributed by atoms with Gasteiger partial charge in [0.15, 0.2) is 0 Å². The fraction of sp³-hybridized carbons (Fsp3) is 0.444. The summed E-state index contributed by atoms with van der Waals surface area (Å²) in [5.74, 6) is -1.32. The first-order chi connectivity index (χ1) is 16.5. The Labute approximate surface area is 199 Å². The van der Waals surface area contributed by atoms with E-state index in [1.54, 1.807) is 0 Å². The van der Waals surface area contributed by atoms with Gasteiger partial charge in [0.1, 0.15) is 18.2 Å². The van der Waals surface area contributed by atoms with Crippen molar-refractivity contribution in [2.24, 2.45) is 5.92 Å². The number of alkyl carbamates (subject to hydrolysis) is 1. The Morgan fingerprint density at radius 1 is 1.12 bits per heavy atom. The summed E-state index contributed by atoms with van der Waals surface area (Å²) in [7, 11) is 0. The molecule has 0 aromatic heterocycles. The fourth-order valence-electron chi connectivity index (χ4n) is 5.88. The molecule has 1 aliphatic heterocycles. The van der Waals surface area contributed by atoms with Gasteiger partial charge >= 0.3 is 12.1 Å². The first-order valence-corrected chi connectivity index (χ1v) is 12.1. The maximum Gasteiger partial charge on any atom is 0.407 e. The highest BCUT2D eigenvalue weighted by atomic mass is 16.5. The van der Waals surface area contributed by atoms with Crippen molar-refractivity contribution in [1.82, 2.24) is 10.2 Å². The van der Waals surface area contributed by atoms with Crippen molar-refractivity contribution in [3.05, 3.63) is 59.7 Å². The van der Waals surface area contributed by atoms with Gasteiger partial charge in [-0.25, -0.2) is 9.59 Å². The van der Waals surface area contributed by atoms with Crippen LogP contribution in [0.2, 0.25) is 0 Å². The van der Waals surface area contributed by atoms with E-state index < -0.39 is 23.6 Å². The molecule has 0 bridgehead atoms. The third kappa shape index (κ3) is 3.63. The van der Waals surface area contributed by atoms with Crippen molar-refractivity contribution >= 4 is 18.0 Å². The van der Waals surface area contributed by atoms with Crippen molar-refractivity contribution < 1.29 is 24.2 Å². The maximum atomic E-state index is 13.4. The zero-order valence-electron chi connectivity index (χ0n) is 19.3. The number of carbonyl (C=O) groups is 3. The van der Waals surface area contributed by atoms with Gasteiger partial charge in [-0.3, -0.25) is 4.79 Å². The smallest absolute Gasteiger partial charge is 0.407 e. The van der Waals surface area contributed by atoms with Crippen LogP contribution in [0.25, 0.3) is 11.1 Å². The summed E-state index contributed by atoms with van der Waals surface area (Å²) in [5.41, 5.74) is 3.44. The molecule has 0 radical (unpaired) electrons. The highest BCUT2D eigenvalue weighted by Gasteiger charge is 2.67. The van der Waals surface area contributed by atoms with Crippen LogP contribution in [-0.4, -0.2) is 52.7 Å². The molecule has 3 atom stereocenters. The van der Waals surface area contributed by atoms with Crippen LogP contribution >= 0.6 is 0 Å². The molecule has 2 N–H and O–H groups in total. The molecule has 3 aliphatic rings. The Balaban J connectivity index is 1.27. The minimum atomic E-state index is -1.09. The quantitative estimate of drug-likeness (QED) is 0.644. The average molecular weight is 463 g/mol. The van der Waals surface area contributed by atoms with Crippen molar-refractivity contribution in [2.75, 3.05) is 13.2 Å². The van der Waals surface area contributed by atoms with Crippen molar-refractivity contribution in [3.8, 4) is 11.1 Å². The highest BCUT2D eigenvalue weighted by molar-refractivity contribution is 5.94. The first kappa shape index (κ1) is 22.4. The summed E-state index contributed by atoms with van der Waals surface area (Å²) in [6, 6.07) is 15.4. The number of ether oxygens (including phenoxy) is 1. The monoisotopic (exact) mass is 462 g/mol. The number of nitrogens with one attached hydrogen (secondary N) is 1. The SMILES string of the molecule is CCCC(NC(=O)OCC1c2ccccc2-c2ccccc21)C(=O)N1CCC[C@H]2C[C@]21C(=O)O. The van der Waals surface area contributed by atoms with E-state index in [1.807, 2.05) is 31.2 Å². The second-order valence-corrected chi connectivity index (χ2v) is 9.57. The zero-order valence-corrected chi connectivity index (χ0v) is 19.3. The number of aliphatic carboxylic acids is 1. The lowest BCUT2D eigenvalue weighted by Crippen LogP contribution is -2.57. The van der Waals surface area contributed by atoms with Gasteiger partial charge < -0.3 is 20.1 Å². The number of likely N-dealkylation sites (tertiary alicyclic amines) is 1. The number of piperidine rings is 1. The van der Waals surface area contributed by atoms with Crippen LogP contribution in [0.4, 0.5) is 4.79 Å². The normalized spacial score (nSPS) is 23.3. The molecule has 2 fully saturated rings. The minimum Gasteiger partial charge on any atom is -0.479 e. The number of amides is 2. The lowest BCUT2D eigenvalue weighted by Gasteiger charge is -2.36. The number of rotatable bonds is 7. The van der Waals surface area contributed by atoms with Gasteiger partial charge in [0, 0.05) is 12.5 Å². The number of nitrogens with zero attached hydrogens (tertiary/aromatic N) is 1. The van der Waals surface area contributed by atoms with E-state index in [4.69, 9.17) is 4.74 Å². The summed E-state index contributed by atoms with van der Waals surface area (Å²) in [6.07, 6.45) is 2.57. The molecular formula is C27H30N2O5. The van der Waals surface area contributed by atoms with Gasteiger partial charge in [-0.1, -0.05) is 61.9 Å². The molecule has 0 spiro atoms. The summed E-state index contributed by atoms with van der Waals surface area (Å²) in [4.78, 5) is 39.6.